The molecule has 0 bridgehead atoms. The molecular weight excluding hydrogens is 214 g/mol. The number of amides is 1. The van der Waals surface area contributed by atoms with Crippen LogP contribution in [0.1, 0.15) is 18.9 Å². The highest BCUT2D eigenvalue weighted by Gasteiger charge is 2.23. The highest BCUT2D eigenvalue weighted by molar-refractivity contribution is 5.73. The van der Waals surface area contributed by atoms with Crippen molar-refractivity contribution in [1.82, 2.24) is 5.32 Å². The lowest BCUT2D eigenvalue weighted by atomic mass is 10.2. The lowest BCUT2D eigenvalue weighted by Gasteiger charge is -2.19. The number of hydrogen-bond donors (Lipinski definition) is 2. The number of rotatable bonds is 2. The first-order valence-electron chi connectivity index (χ1n) is 5.94. The van der Waals surface area contributed by atoms with Crippen LogP contribution in [-0.2, 0) is 4.79 Å². The molecule has 2 rings (SSSR count). The molecule has 1 aliphatic rings. The summed E-state index contributed by atoms with van der Waals surface area (Å²) in [4.78, 5) is 13.3. The van der Waals surface area contributed by atoms with Gasteiger partial charge in [-0.25, -0.2) is 0 Å². The summed E-state index contributed by atoms with van der Waals surface area (Å²) in [6, 6.07) is 6.39. The summed E-state index contributed by atoms with van der Waals surface area (Å²) in [6.45, 7) is 5.39. The number of benzene rings is 1. The van der Waals surface area contributed by atoms with Gasteiger partial charge in [0.05, 0.1) is 0 Å². The summed E-state index contributed by atoms with van der Waals surface area (Å²) in [5.74, 6) is 0.0419. The lowest BCUT2D eigenvalue weighted by Crippen LogP contribution is -2.35. The molecule has 0 saturated carbocycles. The van der Waals surface area contributed by atoms with E-state index in [9.17, 15) is 4.79 Å². The van der Waals surface area contributed by atoms with Crippen molar-refractivity contribution in [3.8, 4) is 0 Å². The fourth-order valence-corrected chi connectivity index (χ4v) is 2.22. The Bertz CT molecular complexity index is 431. The Morgan fingerprint density at radius 1 is 1.53 bits per heavy atom. The van der Waals surface area contributed by atoms with E-state index in [-0.39, 0.29) is 11.9 Å². The number of aryl methyl sites for hydroxylation is 1. The van der Waals surface area contributed by atoms with Crippen molar-refractivity contribution in [3.63, 3.8) is 0 Å². The summed E-state index contributed by atoms with van der Waals surface area (Å²) < 4.78 is 0. The van der Waals surface area contributed by atoms with E-state index in [0.717, 1.165) is 36.4 Å². The standard InChI is InChI=1S/C13H19N3O/c1-9-3-4-12(7-13(9)14)16-6-5-11(8-16)15-10(2)17/h3-4,7,11H,5-6,8,14H2,1-2H3,(H,15,17). The number of nitrogens with two attached hydrogens (primary N) is 1. The van der Waals surface area contributed by atoms with Gasteiger partial charge >= 0.3 is 0 Å². The van der Waals surface area contributed by atoms with E-state index in [1.807, 2.05) is 19.1 Å². The largest absolute Gasteiger partial charge is 0.398 e. The molecule has 1 fully saturated rings. The first-order valence-corrected chi connectivity index (χ1v) is 5.94. The van der Waals surface area contributed by atoms with Gasteiger partial charge in [-0.3, -0.25) is 4.79 Å². The smallest absolute Gasteiger partial charge is 0.217 e. The van der Waals surface area contributed by atoms with E-state index >= 15 is 0 Å². The Morgan fingerprint density at radius 2 is 2.29 bits per heavy atom. The molecule has 0 spiro atoms. The quantitative estimate of drug-likeness (QED) is 0.757. The van der Waals surface area contributed by atoms with Crippen molar-refractivity contribution in [3.05, 3.63) is 23.8 Å². The van der Waals surface area contributed by atoms with E-state index in [1.54, 1.807) is 6.92 Å². The maximum Gasteiger partial charge on any atom is 0.217 e. The molecule has 1 aliphatic heterocycles. The zero-order valence-corrected chi connectivity index (χ0v) is 10.4. The second kappa shape index (κ2) is 4.65. The summed E-state index contributed by atoms with van der Waals surface area (Å²) in [7, 11) is 0. The van der Waals surface area contributed by atoms with Gasteiger partial charge in [-0.2, -0.15) is 0 Å². The van der Waals surface area contributed by atoms with E-state index in [1.165, 1.54) is 0 Å². The molecule has 1 amide bonds. The third-order valence-electron chi connectivity index (χ3n) is 3.22. The van der Waals surface area contributed by atoms with Crippen LogP contribution in [0.4, 0.5) is 11.4 Å². The van der Waals surface area contributed by atoms with Crippen molar-refractivity contribution in [1.29, 1.82) is 0 Å². The molecule has 3 N–H and O–H groups in total. The van der Waals surface area contributed by atoms with Crippen LogP contribution in [0.3, 0.4) is 0 Å². The van der Waals surface area contributed by atoms with Gasteiger partial charge in [0.25, 0.3) is 0 Å². The second-order valence-electron chi connectivity index (χ2n) is 4.67. The van der Waals surface area contributed by atoms with Gasteiger partial charge in [0.15, 0.2) is 0 Å². The third-order valence-corrected chi connectivity index (χ3v) is 3.22. The SMILES string of the molecule is CC(=O)NC1CCN(c2ccc(C)c(N)c2)C1. The monoisotopic (exact) mass is 233 g/mol. The molecule has 1 heterocycles. The Morgan fingerprint density at radius 3 is 2.94 bits per heavy atom. The Labute approximate surface area is 102 Å². The molecule has 92 valence electrons. The third kappa shape index (κ3) is 2.70. The number of nitrogens with zero attached hydrogens (tertiary/aromatic N) is 1. The van der Waals surface area contributed by atoms with Gasteiger partial charge < -0.3 is 16.0 Å². The van der Waals surface area contributed by atoms with E-state index < -0.39 is 0 Å². The molecule has 0 radical (unpaired) electrons. The number of nitrogen functional groups attached to an aromatic ring is 1. The maximum absolute atomic E-state index is 11.0. The molecule has 1 unspecified atom stereocenters. The summed E-state index contributed by atoms with van der Waals surface area (Å²) in [5, 5.41) is 2.96. The minimum Gasteiger partial charge on any atom is -0.398 e. The Kier molecular flexibility index (Phi) is 3.22. The predicted octanol–water partition coefficient (Wildman–Crippen LogP) is 1.29. The molecule has 0 aliphatic carbocycles. The zero-order valence-electron chi connectivity index (χ0n) is 10.4. The highest BCUT2D eigenvalue weighted by Crippen LogP contribution is 2.24. The Balaban J connectivity index is 2.04. The molecular formula is C13H19N3O. The summed E-state index contributed by atoms with van der Waals surface area (Å²) in [6.07, 6.45) is 0.993. The van der Waals surface area contributed by atoms with Gasteiger partial charge in [0, 0.05) is 37.4 Å². The maximum atomic E-state index is 11.0. The van der Waals surface area contributed by atoms with Crippen LogP contribution >= 0.6 is 0 Å². The zero-order chi connectivity index (χ0) is 12.4. The van der Waals surface area contributed by atoms with Gasteiger partial charge in [-0.15, -0.1) is 0 Å². The Hall–Kier alpha value is -1.71. The van der Waals surface area contributed by atoms with Crippen LogP contribution in [0.25, 0.3) is 0 Å². The van der Waals surface area contributed by atoms with Gasteiger partial charge in [-0.05, 0) is 31.0 Å². The fraction of sp³-hybridized carbons (Fsp3) is 0.462. The van der Waals surface area contributed by atoms with Crippen LogP contribution in [0.2, 0.25) is 0 Å². The lowest BCUT2D eigenvalue weighted by molar-refractivity contribution is -0.119. The number of carbonyl (C=O) groups excluding carboxylic acids is 1. The average molecular weight is 233 g/mol. The van der Waals surface area contributed by atoms with Crippen molar-refractivity contribution in [2.75, 3.05) is 23.7 Å². The van der Waals surface area contributed by atoms with Gasteiger partial charge in [-0.1, -0.05) is 6.07 Å². The van der Waals surface area contributed by atoms with E-state index in [0.29, 0.717) is 0 Å². The number of hydrogen-bond acceptors (Lipinski definition) is 3. The van der Waals surface area contributed by atoms with Crippen molar-refractivity contribution >= 4 is 17.3 Å². The van der Waals surface area contributed by atoms with Crippen LogP contribution in [-0.4, -0.2) is 25.0 Å². The molecule has 4 nitrogen and oxygen atoms in total. The van der Waals surface area contributed by atoms with Crippen molar-refractivity contribution in [2.24, 2.45) is 0 Å². The van der Waals surface area contributed by atoms with Crippen LogP contribution in [0.15, 0.2) is 18.2 Å². The van der Waals surface area contributed by atoms with Crippen LogP contribution in [0.5, 0.6) is 0 Å². The minimum atomic E-state index is 0.0419. The molecule has 0 aromatic heterocycles. The molecule has 1 atom stereocenters. The van der Waals surface area contributed by atoms with E-state index in [2.05, 4.69) is 16.3 Å². The number of anilines is 2. The topological polar surface area (TPSA) is 58.4 Å². The number of nitrogens with one attached hydrogen (secondary N) is 1. The van der Waals surface area contributed by atoms with Crippen LogP contribution < -0.4 is 16.0 Å². The summed E-state index contributed by atoms with van der Waals surface area (Å²) in [5.41, 5.74) is 8.97. The normalized spacial score (nSPS) is 19.4. The van der Waals surface area contributed by atoms with Gasteiger partial charge in [0.2, 0.25) is 5.91 Å². The van der Waals surface area contributed by atoms with Crippen molar-refractivity contribution in [2.45, 2.75) is 26.3 Å². The first kappa shape index (κ1) is 11.8. The molecule has 1 aromatic carbocycles. The average Bonchev–Trinajstić information content (AvgIpc) is 2.69. The predicted molar refractivity (Wildman–Crippen MR) is 70.0 cm³/mol. The minimum absolute atomic E-state index is 0.0419. The second-order valence-corrected chi connectivity index (χ2v) is 4.67. The molecule has 1 aromatic rings. The highest BCUT2D eigenvalue weighted by atomic mass is 16.1. The molecule has 1 saturated heterocycles. The fourth-order valence-electron chi connectivity index (χ4n) is 2.22. The molecule has 17 heavy (non-hydrogen) atoms. The number of carbonyl (C=O) groups is 1. The van der Waals surface area contributed by atoms with E-state index in [4.69, 9.17) is 5.73 Å². The van der Waals surface area contributed by atoms with Gasteiger partial charge in [0.1, 0.15) is 0 Å². The van der Waals surface area contributed by atoms with Crippen LogP contribution in [0, 0.1) is 6.92 Å². The van der Waals surface area contributed by atoms with Crippen molar-refractivity contribution < 1.29 is 4.79 Å². The summed E-state index contributed by atoms with van der Waals surface area (Å²) >= 11 is 0. The molecule has 4 heteroatoms. The first-order chi connectivity index (χ1) is 8.06.